The van der Waals surface area contributed by atoms with E-state index >= 15 is 0 Å². The molecule has 2 fully saturated rings. The van der Waals surface area contributed by atoms with Crippen molar-refractivity contribution in [2.24, 2.45) is 5.92 Å². The van der Waals surface area contributed by atoms with Gasteiger partial charge in [-0.3, -0.25) is 4.79 Å². The van der Waals surface area contributed by atoms with Gasteiger partial charge in [0.25, 0.3) is 5.91 Å². The van der Waals surface area contributed by atoms with Crippen LogP contribution >= 0.6 is 0 Å². The average Bonchev–Trinajstić information content (AvgIpc) is 2.59. The molecule has 0 aliphatic carbocycles. The SMILES string of the molecule is Cc1ccc(C(=O)N2CCC[C@H](CN3CCN(C)CC3)C2)cc1O. The van der Waals surface area contributed by atoms with Crippen molar-refractivity contribution in [3.05, 3.63) is 29.3 Å². The first kappa shape index (κ1) is 17.2. The summed E-state index contributed by atoms with van der Waals surface area (Å²) in [4.78, 5) is 19.6. The summed E-state index contributed by atoms with van der Waals surface area (Å²) in [6.07, 6.45) is 2.28. The Morgan fingerprint density at radius 3 is 2.67 bits per heavy atom. The van der Waals surface area contributed by atoms with Crippen LogP contribution in [0.1, 0.15) is 28.8 Å². The van der Waals surface area contributed by atoms with Crippen molar-refractivity contribution in [2.45, 2.75) is 19.8 Å². The fourth-order valence-electron chi connectivity index (χ4n) is 3.72. The number of aromatic hydroxyl groups is 1. The molecular weight excluding hydrogens is 302 g/mol. The van der Waals surface area contributed by atoms with E-state index in [9.17, 15) is 9.90 Å². The van der Waals surface area contributed by atoms with Crippen molar-refractivity contribution >= 4 is 5.91 Å². The zero-order valence-corrected chi connectivity index (χ0v) is 14.9. The van der Waals surface area contributed by atoms with Gasteiger partial charge in [-0.2, -0.15) is 0 Å². The summed E-state index contributed by atoms with van der Waals surface area (Å²) in [5, 5.41) is 9.86. The molecule has 1 N–H and O–H groups in total. The highest BCUT2D eigenvalue weighted by molar-refractivity contribution is 5.94. The molecule has 1 amide bonds. The molecule has 132 valence electrons. The van der Waals surface area contributed by atoms with Gasteiger partial charge in [0, 0.05) is 51.4 Å². The Bertz CT molecular complexity index is 582. The maximum atomic E-state index is 12.7. The summed E-state index contributed by atoms with van der Waals surface area (Å²) in [6.45, 7) is 9.13. The third-order valence-electron chi connectivity index (χ3n) is 5.37. The lowest BCUT2D eigenvalue weighted by molar-refractivity contribution is 0.0609. The summed E-state index contributed by atoms with van der Waals surface area (Å²) in [5.74, 6) is 0.811. The highest BCUT2D eigenvalue weighted by atomic mass is 16.3. The van der Waals surface area contributed by atoms with Gasteiger partial charge in [-0.1, -0.05) is 6.07 Å². The average molecular weight is 331 g/mol. The van der Waals surface area contributed by atoms with E-state index < -0.39 is 0 Å². The zero-order valence-electron chi connectivity index (χ0n) is 14.9. The van der Waals surface area contributed by atoms with Crippen molar-refractivity contribution < 1.29 is 9.90 Å². The van der Waals surface area contributed by atoms with Crippen LogP contribution in [0.25, 0.3) is 0 Å². The molecule has 2 heterocycles. The Kier molecular flexibility index (Phi) is 5.41. The van der Waals surface area contributed by atoms with Crippen molar-refractivity contribution in [1.29, 1.82) is 0 Å². The molecule has 2 aliphatic rings. The van der Waals surface area contributed by atoms with Crippen LogP contribution in [0.2, 0.25) is 0 Å². The van der Waals surface area contributed by atoms with Gasteiger partial charge in [0.05, 0.1) is 0 Å². The minimum Gasteiger partial charge on any atom is -0.508 e. The summed E-state index contributed by atoms with van der Waals surface area (Å²) in [5.41, 5.74) is 1.40. The van der Waals surface area contributed by atoms with Crippen LogP contribution in [-0.4, -0.2) is 78.6 Å². The zero-order chi connectivity index (χ0) is 17.1. The van der Waals surface area contributed by atoms with Gasteiger partial charge in [-0.05, 0) is 50.4 Å². The van der Waals surface area contributed by atoms with Gasteiger partial charge in [0.1, 0.15) is 5.75 Å². The first-order valence-corrected chi connectivity index (χ1v) is 9.02. The molecule has 0 spiro atoms. The number of benzene rings is 1. The number of piperazine rings is 1. The molecule has 0 bridgehead atoms. The molecule has 1 atom stereocenters. The van der Waals surface area contributed by atoms with Crippen LogP contribution in [0.4, 0.5) is 0 Å². The monoisotopic (exact) mass is 331 g/mol. The van der Waals surface area contributed by atoms with Crippen LogP contribution in [0.15, 0.2) is 18.2 Å². The van der Waals surface area contributed by atoms with E-state index in [4.69, 9.17) is 0 Å². The molecule has 5 nitrogen and oxygen atoms in total. The Hall–Kier alpha value is -1.59. The van der Waals surface area contributed by atoms with Crippen molar-refractivity contribution in [2.75, 3.05) is 52.9 Å². The van der Waals surface area contributed by atoms with E-state index in [1.54, 1.807) is 6.07 Å². The molecular formula is C19H29N3O2. The quantitative estimate of drug-likeness (QED) is 0.917. The number of rotatable bonds is 3. The van der Waals surface area contributed by atoms with Crippen LogP contribution in [0.3, 0.4) is 0 Å². The Morgan fingerprint density at radius 1 is 1.21 bits per heavy atom. The number of likely N-dealkylation sites (N-methyl/N-ethyl adjacent to an activating group) is 1. The van der Waals surface area contributed by atoms with Gasteiger partial charge < -0.3 is 19.8 Å². The maximum Gasteiger partial charge on any atom is 0.253 e. The number of phenolic OH excluding ortho intramolecular Hbond substituents is 1. The molecule has 0 unspecified atom stereocenters. The van der Waals surface area contributed by atoms with Crippen molar-refractivity contribution in [3.63, 3.8) is 0 Å². The minimum atomic E-state index is 0.0494. The van der Waals surface area contributed by atoms with Gasteiger partial charge in [-0.15, -0.1) is 0 Å². The van der Waals surface area contributed by atoms with Crippen LogP contribution < -0.4 is 0 Å². The minimum absolute atomic E-state index is 0.0494. The molecule has 2 saturated heterocycles. The van der Waals surface area contributed by atoms with Crippen LogP contribution in [0, 0.1) is 12.8 Å². The number of hydrogen-bond donors (Lipinski definition) is 1. The summed E-state index contributed by atoms with van der Waals surface area (Å²) in [7, 11) is 2.18. The summed E-state index contributed by atoms with van der Waals surface area (Å²) >= 11 is 0. The van der Waals surface area contributed by atoms with E-state index in [1.165, 1.54) is 6.42 Å². The Balaban J connectivity index is 1.58. The Labute approximate surface area is 144 Å². The number of likely N-dealkylation sites (tertiary alicyclic amines) is 1. The lowest BCUT2D eigenvalue weighted by atomic mass is 9.96. The number of piperidine rings is 1. The molecule has 0 saturated carbocycles. The van der Waals surface area contributed by atoms with E-state index in [0.717, 1.165) is 57.8 Å². The topological polar surface area (TPSA) is 47.0 Å². The number of amides is 1. The van der Waals surface area contributed by atoms with E-state index in [0.29, 0.717) is 11.5 Å². The second kappa shape index (κ2) is 7.53. The Morgan fingerprint density at radius 2 is 1.96 bits per heavy atom. The highest BCUT2D eigenvalue weighted by Gasteiger charge is 2.27. The van der Waals surface area contributed by atoms with Gasteiger partial charge >= 0.3 is 0 Å². The van der Waals surface area contributed by atoms with Crippen molar-refractivity contribution in [1.82, 2.24) is 14.7 Å². The fraction of sp³-hybridized carbons (Fsp3) is 0.632. The summed E-state index contributed by atoms with van der Waals surface area (Å²) in [6, 6.07) is 5.23. The number of carbonyl (C=O) groups is 1. The molecule has 0 radical (unpaired) electrons. The van der Waals surface area contributed by atoms with Gasteiger partial charge in [-0.25, -0.2) is 0 Å². The number of aryl methyl sites for hydroxylation is 1. The molecule has 1 aromatic carbocycles. The van der Waals surface area contributed by atoms with E-state index in [1.807, 2.05) is 24.0 Å². The molecule has 2 aliphatic heterocycles. The predicted molar refractivity (Wildman–Crippen MR) is 95.4 cm³/mol. The number of carbonyl (C=O) groups excluding carboxylic acids is 1. The first-order chi connectivity index (χ1) is 11.5. The molecule has 5 heteroatoms. The molecule has 3 rings (SSSR count). The third kappa shape index (κ3) is 4.08. The standard InChI is InChI=1S/C19H29N3O2/c1-15-5-6-17(12-18(15)23)19(24)22-7-3-4-16(14-22)13-21-10-8-20(2)9-11-21/h5-6,12,16,23H,3-4,7-11,13-14H2,1-2H3/t16-/m1/s1. The second-order valence-corrected chi connectivity index (χ2v) is 7.36. The van der Waals surface area contributed by atoms with Crippen LogP contribution in [-0.2, 0) is 0 Å². The third-order valence-corrected chi connectivity index (χ3v) is 5.37. The lowest BCUT2D eigenvalue weighted by Gasteiger charge is -2.38. The lowest BCUT2D eigenvalue weighted by Crippen LogP contribution is -2.49. The molecule has 24 heavy (non-hydrogen) atoms. The first-order valence-electron chi connectivity index (χ1n) is 9.02. The predicted octanol–water partition coefficient (Wildman–Crippen LogP) is 1.80. The second-order valence-electron chi connectivity index (χ2n) is 7.36. The highest BCUT2D eigenvalue weighted by Crippen LogP contribution is 2.23. The van der Waals surface area contributed by atoms with Gasteiger partial charge in [0.2, 0.25) is 0 Å². The van der Waals surface area contributed by atoms with E-state index in [2.05, 4.69) is 16.8 Å². The largest absolute Gasteiger partial charge is 0.508 e. The summed E-state index contributed by atoms with van der Waals surface area (Å²) < 4.78 is 0. The number of phenols is 1. The fourth-order valence-corrected chi connectivity index (χ4v) is 3.72. The van der Waals surface area contributed by atoms with E-state index in [-0.39, 0.29) is 11.7 Å². The molecule has 1 aromatic rings. The maximum absolute atomic E-state index is 12.7. The number of nitrogens with zero attached hydrogens (tertiary/aromatic N) is 3. The van der Waals surface area contributed by atoms with Gasteiger partial charge in [0.15, 0.2) is 0 Å². The van der Waals surface area contributed by atoms with Crippen LogP contribution in [0.5, 0.6) is 5.75 Å². The number of hydrogen-bond acceptors (Lipinski definition) is 4. The molecule has 0 aromatic heterocycles. The normalized spacial score (nSPS) is 23.4. The van der Waals surface area contributed by atoms with Crippen molar-refractivity contribution in [3.8, 4) is 5.75 Å². The smallest absolute Gasteiger partial charge is 0.253 e.